The second-order valence-corrected chi connectivity index (χ2v) is 15.1. The molecule has 2 aromatic carbocycles. The molecular formula is C34H48N2P2. The molecule has 6 aliphatic rings. The summed E-state index contributed by atoms with van der Waals surface area (Å²) in [5, 5.41) is 8.16. The number of nitrogens with one attached hydrogen (secondary N) is 2. The smallest absolute Gasteiger partial charge is 0.0405 e. The summed E-state index contributed by atoms with van der Waals surface area (Å²) in [5.74, 6) is 3.64. The third kappa shape index (κ3) is 4.28. The van der Waals surface area contributed by atoms with Crippen LogP contribution >= 0.6 is 18.5 Å². The van der Waals surface area contributed by atoms with Gasteiger partial charge in [-0.25, -0.2) is 0 Å². The normalized spacial score (nSPS) is 38.2. The molecule has 0 radical (unpaired) electrons. The standard InChI is InChI=1S/C34H48N2P2/c37-22-30-27-17-23-16-24(18-27)21-33(30,20-23)28-13-12-26(25-8-2-1-3-9-25)19-29(28)34(38,31-10-4-6-14-35-31)32-11-5-7-15-36-32/h1-3,8-9,12-13,19,23-24,27,30-32,35-36H,4-7,10-11,14-18,20-22,37-38H2. The molecule has 2 N–H and O–H groups in total. The molecule has 2 saturated heterocycles. The molecule has 4 bridgehead atoms. The van der Waals surface area contributed by atoms with Crippen LogP contribution in [-0.2, 0) is 10.6 Å². The summed E-state index contributed by atoms with van der Waals surface area (Å²) in [7, 11) is 6.76. The molecule has 4 heteroatoms. The summed E-state index contributed by atoms with van der Waals surface area (Å²) < 4.78 is 0. The van der Waals surface area contributed by atoms with Crippen LogP contribution in [0, 0.1) is 23.7 Å². The van der Waals surface area contributed by atoms with Gasteiger partial charge < -0.3 is 10.6 Å². The number of rotatable bonds is 6. The Morgan fingerprint density at radius 1 is 0.789 bits per heavy atom. The zero-order valence-electron chi connectivity index (χ0n) is 23.1. The van der Waals surface area contributed by atoms with Crippen LogP contribution in [0.4, 0.5) is 0 Å². The predicted octanol–water partition coefficient (Wildman–Crippen LogP) is 7.28. The SMILES string of the molecule is PCC1C2CC3CC(C2)CC1(c1ccc(-c2ccccc2)cc1C(P)(C1CCCCN1)C1CCCCN1)C3. The van der Waals surface area contributed by atoms with Crippen molar-refractivity contribution in [1.82, 2.24) is 10.6 Å². The van der Waals surface area contributed by atoms with Gasteiger partial charge in [0.1, 0.15) is 0 Å². The van der Waals surface area contributed by atoms with Gasteiger partial charge in [-0.2, -0.15) is 0 Å². The van der Waals surface area contributed by atoms with Gasteiger partial charge in [-0.1, -0.05) is 55.3 Å². The Bertz CT molecular complexity index is 1090. The van der Waals surface area contributed by atoms with E-state index in [4.69, 9.17) is 0 Å². The van der Waals surface area contributed by atoms with Crippen LogP contribution in [0.25, 0.3) is 11.1 Å². The van der Waals surface area contributed by atoms with Gasteiger partial charge in [0.05, 0.1) is 0 Å². The summed E-state index contributed by atoms with van der Waals surface area (Å²) in [5.41, 5.74) is 6.50. The van der Waals surface area contributed by atoms with Crippen molar-refractivity contribution in [1.29, 1.82) is 0 Å². The molecular weight excluding hydrogens is 498 g/mol. The van der Waals surface area contributed by atoms with Crippen molar-refractivity contribution >= 4 is 18.5 Å². The van der Waals surface area contributed by atoms with E-state index in [9.17, 15) is 0 Å². The number of piperidine rings is 2. The van der Waals surface area contributed by atoms with E-state index in [2.05, 4.69) is 77.6 Å². The Kier molecular flexibility index (Phi) is 7.27. The van der Waals surface area contributed by atoms with Gasteiger partial charge in [0.15, 0.2) is 0 Å². The Hall–Kier alpha value is -0.780. The fourth-order valence-electron chi connectivity index (χ4n) is 10.3. The van der Waals surface area contributed by atoms with Crippen LogP contribution in [0.15, 0.2) is 48.5 Å². The molecule has 2 heterocycles. The second-order valence-electron chi connectivity index (χ2n) is 13.7. The van der Waals surface area contributed by atoms with E-state index in [-0.39, 0.29) is 5.16 Å². The monoisotopic (exact) mass is 546 g/mol. The van der Waals surface area contributed by atoms with E-state index in [1.54, 1.807) is 11.1 Å². The van der Waals surface area contributed by atoms with E-state index in [0.717, 1.165) is 36.8 Å². The minimum Gasteiger partial charge on any atom is -0.313 e. The molecule has 7 unspecified atom stereocenters. The average molecular weight is 547 g/mol. The van der Waals surface area contributed by atoms with Crippen molar-refractivity contribution in [2.24, 2.45) is 23.7 Å². The van der Waals surface area contributed by atoms with Gasteiger partial charge in [-0.15, -0.1) is 18.5 Å². The van der Waals surface area contributed by atoms with Crippen LogP contribution in [0.3, 0.4) is 0 Å². The molecule has 2 aliphatic heterocycles. The molecule has 0 amide bonds. The molecule has 4 aliphatic carbocycles. The summed E-state index contributed by atoms with van der Waals surface area (Å²) in [6, 6.07) is 20.0. The van der Waals surface area contributed by atoms with Crippen LogP contribution < -0.4 is 10.6 Å². The summed E-state index contributed by atoms with van der Waals surface area (Å²) in [4.78, 5) is 0. The first-order valence-electron chi connectivity index (χ1n) is 15.8. The van der Waals surface area contributed by atoms with Crippen LogP contribution in [0.2, 0.25) is 0 Å². The molecule has 2 nitrogen and oxygen atoms in total. The van der Waals surface area contributed by atoms with Crippen molar-refractivity contribution in [3.05, 3.63) is 59.7 Å². The van der Waals surface area contributed by atoms with E-state index in [1.165, 1.54) is 87.9 Å². The van der Waals surface area contributed by atoms with Crippen LogP contribution in [-0.4, -0.2) is 31.3 Å². The number of hydrogen-bond donors (Lipinski definition) is 2. The molecule has 0 aromatic heterocycles. The maximum Gasteiger partial charge on any atom is 0.0405 e. The van der Waals surface area contributed by atoms with Gasteiger partial charge in [-0.3, -0.25) is 0 Å². The Labute approximate surface area is 235 Å². The van der Waals surface area contributed by atoms with Crippen molar-refractivity contribution in [2.45, 2.75) is 93.3 Å². The lowest BCUT2D eigenvalue weighted by molar-refractivity contribution is -0.0525. The van der Waals surface area contributed by atoms with Crippen molar-refractivity contribution in [3.8, 4) is 11.1 Å². The molecule has 8 rings (SSSR count). The molecule has 6 fully saturated rings. The Morgan fingerprint density at radius 3 is 2.03 bits per heavy atom. The highest BCUT2D eigenvalue weighted by Crippen LogP contribution is 2.65. The van der Waals surface area contributed by atoms with Gasteiger partial charge in [-0.05, 0) is 134 Å². The topological polar surface area (TPSA) is 24.1 Å². The summed E-state index contributed by atoms with van der Waals surface area (Å²) in [6.07, 6.45) is 16.5. The zero-order valence-corrected chi connectivity index (χ0v) is 25.4. The second kappa shape index (κ2) is 10.6. The van der Waals surface area contributed by atoms with Crippen LogP contribution in [0.5, 0.6) is 0 Å². The number of benzene rings is 2. The van der Waals surface area contributed by atoms with Gasteiger partial charge >= 0.3 is 0 Å². The Balaban J connectivity index is 1.44. The third-order valence-electron chi connectivity index (χ3n) is 11.7. The lowest BCUT2D eigenvalue weighted by atomic mass is 9.43. The largest absolute Gasteiger partial charge is 0.313 e. The summed E-state index contributed by atoms with van der Waals surface area (Å²) >= 11 is 0. The first-order chi connectivity index (χ1) is 18.6. The first kappa shape index (κ1) is 26.1. The average Bonchev–Trinajstić information content (AvgIpc) is 2.97. The van der Waals surface area contributed by atoms with Crippen molar-refractivity contribution in [3.63, 3.8) is 0 Å². The number of hydrogen-bond acceptors (Lipinski definition) is 2. The first-order valence-corrected chi connectivity index (χ1v) is 17.2. The minimum absolute atomic E-state index is 0.00965. The molecule has 4 saturated carbocycles. The van der Waals surface area contributed by atoms with E-state index in [0.29, 0.717) is 17.5 Å². The zero-order chi connectivity index (χ0) is 25.7. The summed E-state index contributed by atoms with van der Waals surface area (Å²) in [6.45, 7) is 2.32. The maximum absolute atomic E-state index is 4.08. The lowest BCUT2D eigenvalue weighted by Crippen LogP contribution is -2.61. The van der Waals surface area contributed by atoms with E-state index >= 15 is 0 Å². The third-order valence-corrected chi connectivity index (χ3v) is 13.3. The molecule has 7 atom stereocenters. The fourth-order valence-corrected chi connectivity index (χ4v) is 11.9. The van der Waals surface area contributed by atoms with Gasteiger partial charge in [0.25, 0.3) is 0 Å². The van der Waals surface area contributed by atoms with E-state index < -0.39 is 0 Å². The van der Waals surface area contributed by atoms with Crippen molar-refractivity contribution < 1.29 is 0 Å². The van der Waals surface area contributed by atoms with Gasteiger partial charge in [0, 0.05) is 17.2 Å². The molecule has 204 valence electrons. The maximum atomic E-state index is 4.08. The molecule has 2 aromatic rings. The van der Waals surface area contributed by atoms with E-state index in [1.807, 2.05) is 0 Å². The fraction of sp³-hybridized carbons (Fsp3) is 0.647. The predicted molar refractivity (Wildman–Crippen MR) is 168 cm³/mol. The molecule has 38 heavy (non-hydrogen) atoms. The highest BCUT2D eigenvalue weighted by atomic mass is 31.0. The van der Waals surface area contributed by atoms with Crippen LogP contribution in [0.1, 0.15) is 81.8 Å². The lowest BCUT2D eigenvalue weighted by Gasteiger charge is -2.63. The highest BCUT2D eigenvalue weighted by molar-refractivity contribution is 7.18. The quantitative estimate of drug-likeness (QED) is 0.372. The Morgan fingerprint density at radius 2 is 1.45 bits per heavy atom. The van der Waals surface area contributed by atoms with Crippen molar-refractivity contribution in [2.75, 3.05) is 19.3 Å². The van der Waals surface area contributed by atoms with Gasteiger partial charge in [0.2, 0.25) is 0 Å². The molecule has 0 spiro atoms. The highest BCUT2D eigenvalue weighted by Gasteiger charge is 2.59. The minimum atomic E-state index is 0.00965.